The minimum absolute atomic E-state index is 0.0482. The van der Waals surface area contributed by atoms with Crippen LogP contribution in [0.25, 0.3) is 10.2 Å². The Balaban J connectivity index is 1.73. The first-order valence-corrected chi connectivity index (χ1v) is 8.01. The summed E-state index contributed by atoms with van der Waals surface area (Å²) in [5.41, 5.74) is 1.81. The highest BCUT2D eigenvalue weighted by Crippen LogP contribution is 2.32. The van der Waals surface area contributed by atoms with E-state index in [1.807, 2.05) is 59.5 Å². The standard InChI is InChI=1S/C16H11N3OS2/c20-14-10-18(11-6-2-1-3-7-11)16(21)19(14)15-17-12-8-4-5-9-13(12)22-15/h1-9H,10H2. The van der Waals surface area contributed by atoms with Gasteiger partial charge in [-0.3, -0.25) is 4.79 Å². The molecular formula is C16H11N3OS2. The van der Waals surface area contributed by atoms with Gasteiger partial charge in [0, 0.05) is 5.69 Å². The van der Waals surface area contributed by atoms with Gasteiger partial charge in [0.1, 0.15) is 6.54 Å². The molecule has 1 aliphatic rings. The number of aromatic nitrogens is 1. The van der Waals surface area contributed by atoms with Crippen LogP contribution in [-0.2, 0) is 4.79 Å². The predicted molar refractivity (Wildman–Crippen MR) is 93.5 cm³/mol. The first-order chi connectivity index (χ1) is 10.7. The highest BCUT2D eigenvalue weighted by molar-refractivity contribution is 7.81. The van der Waals surface area contributed by atoms with Crippen molar-refractivity contribution in [1.29, 1.82) is 0 Å². The van der Waals surface area contributed by atoms with E-state index in [4.69, 9.17) is 12.2 Å². The van der Waals surface area contributed by atoms with E-state index >= 15 is 0 Å². The second kappa shape index (κ2) is 5.15. The van der Waals surface area contributed by atoms with Crippen LogP contribution in [0.3, 0.4) is 0 Å². The van der Waals surface area contributed by atoms with Crippen LogP contribution < -0.4 is 9.80 Å². The zero-order valence-corrected chi connectivity index (χ0v) is 13.1. The molecule has 22 heavy (non-hydrogen) atoms. The Labute approximate surface area is 136 Å². The van der Waals surface area contributed by atoms with Crippen LogP contribution >= 0.6 is 23.6 Å². The summed E-state index contributed by atoms with van der Waals surface area (Å²) in [6.07, 6.45) is 0. The molecule has 0 unspecified atom stereocenters. The molecule has 2 aromatic carbocycles. The van der Waals surface area contributed by atoms with E-state index in [1.54, 1.807) is 0 Å². The molecular weight excluding hydrogens is 314 g/mol. The third-order valence-corrected chi connectivity index (χ3v) is 4.93. The third-order valence-electron chi connectivity index (χ3n) is 3.51. The van der Waals surface area contributed by atoms with Crippen molar-refractivity contribution in [2.24, 2.45) is 0 Å². The van der Waals surface area contributed by atoms with Gasteiger partial charge in [0.2, 0.25) is 0 Å². The number of anilines is 2. The number of hydrogen-bond donors (Lipinski definition) is 0. The molecule has 0 aliphatic carbocycles. The topological polar surface area (TPSA) is 36.4 Å². The maximum Gasteiger partial charge on any atom is 0.255 e. The predicted octanol–water partition coefficient (Wildman–Crippen LogP) is 3.43. The number of amides is 1. The number of carbonyl (C=O) groups is 1. The van der Waals surface area contributed by atoms with Crippen LogP contribution in [0.2, 0.25) is 0 Å². The van der Waals surface area contributed by atoms with Crippen molar-refractivity contribution in [2.45, 2.75) is 0 Å². The molecule has 0 bridgehead atoms. The minimum Gasteiger partial charge on any atom is -0.309 e. The van der Waals surface area contributed by atoms with Gasteiger partial charge in [-0.2, -0.15) is 0 Å². The van der Waals surface area contributed by atoms with Gasteiger partial charge in [-0.05, 0) is 36.5 Å². The number of benzene rings is 2. The Morgan fingerprint density at radius 1 is 1.05 bits per heavy atom. The molecule has 0 saturated carbocycles. The van der Waals surface area contributed by atoms with Crippen molar-refractivity contribution >= 4 is 55.6 Å². The van der Waals surface area contributed by atoms with Crippen molar-refractivity contribution in [3.05, 3.63) is 54.6 Å². The molecule has 0 N–H and O–H groups in total. The van der Waals surface area contributed by atoms with Gasteiger partial charge in [-0.1, -0.05) is 41.7 Å². The van der Waals surface area contributed by atoms with Gasteiger partial charge >= 0.3 is 0 Å². The number of carbonyl (C=O) groups excluding carboxylic acids is 1. The van der Waals surface area contributed by atoms with Crippen LogP contribution in [-0.4, -0.2) is 22.5 Å². The Morgan fingerprint density at radius 3 is 2.55 bits per heavy atom. The highest BCUT2D eigenvalue weighted by Gasteiger charge is 2.36. The summed E-state index contributed by atoms with van der Waals surface area (Å²) in [6, 6.07) is 17.5. The second-order valence-corrected chi connectivity index (χ2v) is 6.27. The minimum atomic E-state index is -0.0482. The molecule has 1 aromatic heterocycles. The molecule has 4 rings (SSSR count). The molecule has 108 valence electrons. The van der Waals surface area contributed by atoms with Gasteiger partial charge in [0.25, 0.3) is 5.91 Å². The van der Waals surface area contributed by atoms with E-state index in [-0.39, 0.29) is 12.5 Å². The van der Waals surface area contributed by atoms with E-state index in [0.29, 0.717) is 10.2 Å². The zero-order valence-electron chi connectivity index (χ0n) is 11.5. The summed E-state index contributed by atoms with van der Waals surface area (Å²) in [6.45, 7) is 0.249. The fourth-order valence-corrected chi connectivity index (χ4v) is 3.86. The number of para-hydroxylation sites is 2. The van der Waals surface area contributed by atoms with E-state index in [2.05, 4.69) is 4.98 Å². The fourth-order valence-electron chi connectivity index (χ4n) is 2.45. The van der Waals surface area contributed by atoms with E-state index in [0.717, 1.165) is 15.9 Å². The number of rotatable bonds is 2. The summed E-state index contributed by atoms with van der Waals surface area (Å²) >= 11 is 6.98. The number of thiazole rings is 1. The SMILES string of the molecule is O=C1CN(c2ccccc2)C(=S)N1c1nc2ccccc2s1. The number of hydrogen-bond acceptors (Lipinski definition) is 4. The van der Waals surface area contributed by atoms with E-state index in [1.165, 1.54) is 16.2 Å². The quantitative estimate of drug-likeness (QED) is 0.676. The smallest absolute Gasteiger partial charge is 0.255 e. The Hall–Kier alpha value is -2.31. The Morgan fingerprint density at radius 2 is 1.77 bits per heavy atom. The van der Waals surface area contributed by atoms with Gasteiger partial charge in [0.15, 0.2) is 10.2 Å². The first-order valence-electron chi connectivity index (χ1n) is 6.79. The van der Waals surface area contributed by atoms with Crippen molar-refractivity contribution in [3.63, 3.8) is 0 Å². The van der Waals surface area contributed by atoms with Crippen LogP contribution in [0.5, 0.6) is 0 Å². The number of nitrogens with zero attached hydrogens (tertiary/aromatic N) is 3. The van der Waals surface area contributed by atoms with Crippen molar-refractivity contribution in [3.8, 4) is 0 Å². The summed E-state index contributed by atoms with van der Waals surface area (Å²) in [5.74, 6) is -0.0482. The second-order valence-electron chi connectivity index (χ2n) is 4.90. The largest absolute Gasteiger partial charge is 0.309 e. The van der Waals surface area contributed by atoms with Crippen molar-refractivity contribution in [2.75, 3.05) is 16.3 Å². The Kier molecular flexibility index (Phi) is 3.13. The third kappa shape index (κ3) is 2.08. The molecule has 0 radical (unpaired) electrons. The van der Waals surface area contributed by atoms with Gasteiger partial charge in [0.05, 0.1) is 10.2 Å². The zero-order chi connectivity index (χ0) is 15.1. The summed E-state index contributed by atoms with van der Waals surface area (Å²) in [5, 5.41) is 1.12. The van der Waals surface area contributed by atoms with Crippen LogP contribution in [0, 0.1) is 0 Å². The molecule has 1 amide bonds. The molecule has 1 aliphatic heterocycles. The average molecular weight is 325 g/mol. The molecule has 0 spiro atoms. The van der Waals surface area contributed by atoms with Crippen LogP contribution in [0.15, 0.2) is 54.6 Å². The lowest BCUT2D eigenvalue weighted by molar-refractivity contribution is -0.115. The van der Waals surface area contributed by atoms with Crippen molar-refractivity contribution < 1.29 is 4.79 Å². The normalized spacial score (nSPS) is 15.1. The Bertz CT molecular complexity index is 842. The lowest BCUT2D eigenvalue weighted by atomic mass is 10.3. The molecule has 2 heterocycles. The van der Waals surface area contributed by atoms with E-state index in [9.17, 15) is 4.79 Å². The monoisotopic (exact) mass is 325 g/mol. The van der Waals surface area contributed by atoms with Gasteiger partial charge in [-0.15, -0.1) is 0 Å². The first kappa shape index (κ1) is 13.4. The van der Waals surface area contributed by atoms with Crippen molar-refractivity contribution in [1.82, 2.24) is 4.98 Å². The molecule has 1 saturated heterocycles. The summed E-state index contributed by atoms with van der Waals surface area (Å²) in [4.78, 5) is 20.3. The molecule has 3 aromatic rings. The maximum atomic E-state index is 12.4. The van der Waals surface area contributed by atoms with E-state index < -0.39 is 0 Å². The lowest BCUT2D eigenvalue weighted by Crippen LogP contribution is -2.32. The molecule has 0 atom stereocenters. The highest BCUT2D eigenvalue weighted by atomic mass is 32.1. The number of thiocarbonyl (C=S) groups is 1. The molecule has 1 fully saturated rings. The number of fused-ring (bicyclic) bond motifs is 1. The molecule has 6 heteroatoms. The fraction of sp³-hybridized carbons (Fsp3) is 0.0625. The summed E-state index contributed by atoms with van der Waals surface area (Å²) in [7, 11) is 0. The van der Waals surface area contributed by atoms with Gasteiger partial charge in [-0.25, -0.2) is 9.88 Å². The average Bonchev–Trinajstić information content (AvgIpc) is 3.08. The lowest BCUT2D eigenvalue weighted by Gasteiger charge is -2.18. The van der Waals surface area contributed by atoms with Crippen LogP contribution in [0.1, 0.15) is 0 Å². The molecule has 4 nitrogen and oxygen atoms in total. The van der Waals surface area contributed by atoms with Gasteiger partial charge < -0.3 is 4.90 Å². The maximum absolute atomic E-state index is 12.4. The summed E-state index contributed by atoms with van der Waals surface area (Å²) < 4.78 is 1.05. The van der Waals surface area contributed by atoms with Crippen LogP contribution in [0.4, 0.5) is 10.8 Å².